The first kappa shape index (κ1) is 15.4. The summed E-state index contributed by atoms with van der Waals surface area (Å²) in [6.45, 7) is 5.87. The number of nitrogens with one attached hydrogen (secondary N) is 1. The number of hydrogen-bond donors (Lipinski definition) is 1. The molecule has 1 N–H and O–H groups in total. The van der Waals surface area contributed by atoms with Gasteiger partial charge < -0.3 is 5.32 Å². The van der Waals surface area contributed by atoms with E-state index in [-0.39, 0.29) is 24.1 Å². The molecule has 1 heterocycles. The van der Waals surface area contributed by atoms with Crippen LogP contribution in [0.1, 0.15) is 24.6 Å². The van der Waals surface area contributed by atoms with Crippen molar-refractivity contribution in [2.45, 2.75) is 38.9 Å². The molecule has 0 spiro atoms. The Morgan fingerprint density at radius 3 is 2.78 bits per heavy atom. The lowest BCUT2D eigenvalue weighted by Gasteiger charge is -2.05. The molecule has 18 heavy (non-hydrogen) atoms. The summed E-state index contributed by atoms with van der Waals surface area (Å²) < 4.78 is 37.5. The Kier molecular flexibility index (Phi) is 6.01. The average Bonchev–Trinajstić information content (AvgIpc) is 2.58. The predicted octanol–water partition coefficient (Wildman–Crippen LogP) is 2.94. The van der Waals surface area contributed by atoms with Gasteiger partial charge in [-0.25, -0.2) is 0 Å². The molecule has 0 amide bonds. The molecule has 0 saturated heterocycles. The van der Waals surface area contributed by atoms with Gasteiger partial charge in [0, 0.05) is 24.1 Å². The first-order valence-electron chi connectivity index (χ1n) is 5.86. The number of aryl methyl sites for hydroxylation is 2. The highest BCUT2D eigenvalue weighted by molar-refractivity contribution is 8.00. The van der Waals surface area contributed by atoms with Crippen LogP contribution in [0, 0.1) is 6.92 Å². The number of halogens is 3. The molecule has 1 aromatic rings. The minimum absolute atomic E-state index is 0.00749. The number of nitrogens with zero attached hydrogens (tertiary/aromatic N) is 2. The van der Waals surface area contributed by atoms with Crippen LogP contribution >= 0.6 is 11.8 Å². The van der Waals surface area contributed by atoms with E-state index in [9.17, 15) is 13.2 Å². The molecule has 1 rings (SSSR count). The molecule has 0 bridgehead atoms. The quantitative estimate of drug-likeness (QED) is 0.779. The maximum Gasteiger partial charge on any atom is 0.441 e. The molecule has 0 aliphatic heterocycles. The molecule has 1 aromatic heterocycles. The highest BCUT2D eigenvalue weighted by Crippen LogP contribution is 2.29. The maximum absolute atomic E-state index is 12.0. The molecule has 0 atom stereocenters. The fraction of sp³-hybridized carbons (Fsp3) is 0.727. The van der Waals surface area contributed by atoms with Crippen molar-refractivity contribution >= 4 is 11.8 Å². The van der Waals surface area contributed by atoms with Crippen molar-refractivity contribution in [2.75, 3.05) is 12.3 Å². The molecule has 0 unspecified atom stereocenters. The van der Waals surface area contributed by atoms with Gasteiger partial charge in [0.05, 0.1) is 12.2 Å². The molecule has 0 fully saturated rings. The second-order valence-electron chi connectivity index (χ2n) is 3.97. The standard InChI is InChI=1S/C11H18F3N3S/c1-3-4-15-7-10-8-17(16-9(10)2)5-6-18-11(12,13)14/h8,15H,3-7H2,1-2H3. The van der Waals surface area contributed by atoms with E-state index in [0.29, 0.717) is 6.54 Å². The molecule has 3 nitrogen and oxygen atoms in total. The van der Waals surface area contributed by atoms with Crippen LogP contribution in [0.25, 0.3) is 0 Å². The number of aromatic nitrogens is 2. The van der Waals surface area contributed by atoms with E-state index in [1.54, 1.807) is 4.68 Å². The van der Waals surface area contributed by atoms with E-state index in [4.69, 9.17) is 0 Å². The number of hydrogen-bond acceptors (Lipinski definition) is 3. The summed E-state index contributed by atoms with van der Waals surface area (Å²) in [7, 11) is 0. The van der Waals surface area contributed by atoms with E-state index < -0.39 is 5.51 Å². The van der Waals surface area contributed by atoms with Gasteiger partial charge in [0.15, 0.2) is 0 Å². The maximum atomic E-state index is 12.0. The number of rotatable bonds is 7. The van der Waals surface area contributed by atoms with Gasteiger partial charge in [-0.15, -0.1) is 0 Å². The van der Waals surface area contributed by atoms with Crippen LogP contribution in [0.3, 0.4) is 0 Å². The lowest BCUT2D eigenvalue weighted by molar-refractivity contribution is -0.0328. The van der Waals surface area contributed by atoms with Crippen LogP contribution in [0.15, 0.2) is 6.20 Å². The molecule has 0 saturated carbocycles. The van der Waals surface area contributed by atoms with Crippen molar-refractivity contribution in [1.29, 1.82) is 0 Å². The predicted molar refractivity (Wildman–Crippen MR) is 67.5 cm³/mol. The monoisotopic (exact) mass is 281 g/mol. The second kappa shape index (κ2) is 7.04. The Morgan fingerprint density at radius 1 is 1.44 bits per heavy atom. The van der Waals surface area contributed by atoms with Gasteiger partial charge in [0.1, 0.15) is 0 Å². The molecule has 0 radical (unpaired) electrons. The largest absolute Gasteiger partial charge is 0.441 e. The van der Waals surface area contributed by atoms with E-state index in [2.05, 4.69) is 17.3 Å². The van der Waals surface area contributed by atoms with Gasteiger partial charge in [0.2, 0.25) is 0 Å². The van der Waals surface area contributed by atoms with Crippen LogP contribution < -0.4 is 5.32 Å². The zero-order valence-corrected chi connectivity index (χ0v) is 11.4. The Morgan fingerprint density at radius 2 is 2.17 bits per heavy atom. The Labute approximate surface area is 109 Å². The fourth-order valence-corrected chi connectivity index (χ4v) is 2.01. The van der Waals surface area contributed by atoms with Crippen LogP contribution in [0.5, 0.6) is 0 Å². The van der Waals surface area contributed by atoms with E-state index >= 15 is 0 Å². The van der Waals surface area contributed by atoms with Gasteiger partial charge >= 0.3 is 5.51 Å². The normalized spacial score (nSPS) is 12.1. The molecular formula is C11H18F3N3S. The molecular weight excluding hydrogens is 263 g/mol. The second-order valence-corrected chi connectivity index (χ2v) is 5.13. The highest BCUT2D eigenvalue weighted by atomic mass is 32.2. The first-order valence-corrected chi connectivity index (χ1v) is 6.85. The Hall–Kier alpha value is -0.690. The van der Waals surface area contributed by atoms with Crippen molar-refractivity contribution in [3.8, 4) is 0 Å². The summed E-state index contributed by atoms with van der Waals surface area (Å²) >= 11 is -0.0115. The minimum atomic E-state index is -4.16. The number of alkyl halides is 3. The minimum Gasteiger partial charge on any atom is -0.313 e. The van der Waals surface area contributed by atoms with Crippen LogP contribution in [0.4, 0.5) is 13.2 Å². The fourth-order valence-electron chi connectivity index (χ4n) is 1.50. The molecule has 104 valence electrons. The van der Waals surface area contributed by atoms with Crippen molar-refractivity contribution < 1.29 is 13.2 Å². The summed E-state index contributed by atoms with van der Waals surface area (Å²) in [6.07, 6.45) is 2.87. The summed E-state index contributed by atoms with van der Waals surface area (Å²) in [5.41, 5.74) is -2.25. The number of thioether (sulfide) groups is 1. The Balaban J connectivity index is 2.41. The van der Waals surface area contributed by atoms with Crippen molar-refractivity contribution in [1.82, 2.24) is 15.1 Å². The lowest BCUT2D eigenvalue weighted by atomic mass is 10.2. The third kappa shape index (κ3) is 5.77. The van der Waals surface area contributed by atoms with Crippen molar-refractivity contribution in [2.24, 2.45) is 0 Å². The molecule has 0 aliphatic carbocycles. The molecule has 0 aromatic carbocycles. The molecule has 7 heteroatoms. The van der Waals surface area contributed by atoms with Crippen molar-refractivity contribution in [3.63, 3.8) is 0 Å². The van der Waals surface area contributed by atoms with Gasteiger partial charge in [-0.05, 0) is 31.7 Å². The van der Waals surface area contributed by atoms with Gasteiger partial charge in [-0.2, -0.15) is 18.3 Å². The van der Waals surface area contributed by atoms with E-state index in [1.807, 2.05) is 13.1 Å². The zero-order chi connectivity index (χ0) is 13.6. The van der Waals surface area contributed by atoms with Gasteiger partial charge in [-0.3, -0.25) is 4.68 Å². The lowest BCUT2D eigenvalue weighted by Crippen LogP contribution is -2.13. The summed E-state index contributed by atoms with van der Waals surface area (Å²) in [5.74, 6) is -0.00749. The summed E-state index contributed by atoms with van der Waals surface area (Å²) in [5, 5.41) is 7.45. The van der Waals surface area contributed by atoms with Gasteiger partial charge in [-0.1, -0.05) is 6.92 Å². The molecule has 0 aliphatic rings. The SMILES string of the molecule is CCCNCc1cn(CCSC(F)(F)F)nc1C. The Bertz CT molecular complexity index is 363. The van der Waals surface area contributed by atoms with Crippen molar-refractivity contribution in [3.05, 3.63) is 17.5 Å². The first-order chi connectivity index (χ1) is 8.42. The third-order valence-electron chi connectivity index (χ3n) is 2.38. The third-order valence-corrected chi connectivity index (χ3v) is 3.09. The van der Waals surface area contributed by atoms with E-state index in [0.717, 1.165) is 24.2 Å². The average molecular weight is 281 g/mol. The van der Waals surface area contributed by atoms with E-state index in [1.165, 1.54) is 0 Å². The smallest absolute Gasteiger partial charge is 0.313 e. The van der Waals surface area contributed by atoms with Crippen LogP contribution in [0.2, 0.25) is 0 Å². The summed E-state index contributed by atoms with van der Waals surface area (Å²) in [4.78, 5) is 0. The van der Waals surface area contributed by atoms with Crippen LogP contribution in [-0.2, 0) is 13.1 Å². The van der Waals surface area contributed by atoms with Gasteiger partial charge in [0.25, 0.3) is 0 Å². The zero-order valence-electron chi connectivity index (χ0n) is 10.5. The topological polar surface area (TPSA) is 29.9 Å². The van der Waals surface area contributed by atoms with Crippen LogP contribution in [-0.4, -0.2) is 27.6 Å². The highest BCUT2D eigenvalue weighted by Gasteiger charge is 2.27. The summed E-state index contributed by atoms with van der Waals surface area (Å²) in [6, 6.07) is 0.